The Kier molecular flexibility index (Phi) is 4.90. The minimum absolute atomic E-state index is 0.0108. The predicted molar refractivity (Wildman–Crippen MR) is 73.7 cm³/mol. The van der Waals surface area contributed by atoms with Crippen molar-refractivity contribution >= 4 is 15.9 Å². The molecule has 0 fully saturated rings. The van der Waals surface area contributed by atoms with Gasteiger partial charge in [0.2, 0.25) is 10.0 Å². The van der Waals surface area contributed by atoms with E-state index in [1.807, 2.05) is 13.0 Å². The molecule has 1 aromatic carbocycles. The second-order valence-corrected chi connectivity index (χ2v) is 6.28. The number of nitrogens with two attached hydrogens (primary N) is 1. The Labute approximate surface area is 113 Å². The summed E-state index contributed by atoms with van der Waals surface area (Å²) in [5, 5.41) is 11.4. The molecule has 4 N–H and O–H groups in total. The van der Waals surface area contributed by atoms with Gasteiger partial charge in [0, 0.05) is 12.5 Å². The van der Waals surface area contributed by atoms with E-state index >= 15 is 0 Å². The molecule has 0 saturated heterocycles. The summed E-state index contributed by atoms with van der Waals surface area (Å²) in [4.78, 5) is 0.241. The Morgan fingerprint density at radius 1 is 1.47 bits per heavy atom. The fourth-order valence-electron chi connectivity index (χ4n) is 1.62. The minimum atomic E-state index is -3.59. The average molecular weight is 285 g/mol. The smallest absolute Gasteiger partial charge is 0.240 e. The highest BCUT2D eigenvalue weighted by Gasteiger charge is 2.18. The largest absolute Gasteiger partial charge is 0.409 e. The monoisotopic (exact) mass is 285 g/mol. The molecule has 0 bridgehead atoms. The zero-order valence-electron chi connectivity index (χ0n) is 11.2. The lowest BCUT2D eigenvalue weighted by Crippen LogP contribution is -2.34. The molecule has 106 valence electrons. The molecule has 1 aromatic rings. The van der Waals surface area contributed by atoms with Crippen molar-refractivity contribution in [2.75, 3.05) is 6.54 Å². The van der Waals surface area contributed by atoms with Crippen LogP contribution in [-0.2, 0) is 10.0 Å². The topological polar surface area (TPSA) is 105 Å². The van der Waals surface area contributed by atoms with Crippen molar-refractivity contribution in [3.05, 3.63) is 29.3 Å². The molecule has 0 aliphatic carbocycles. The van der Waals surface area contributed by atoms with Crippen LogP contribution in [0.1, 0.15) is 18.1 Å². The van der Waals surface area contributed by atoms with Gasteiger partial charge in [-0.3, -0.25) is 0 Å². The third-order valence-electron chi connectivity index (χ3n) is 2.82. The van der Waals surface area contributed by atoms with E-state index in [1.54, 1.807) is 26.0 Å². The Morgan fingerprint density at radius 3 is 2.63 bits per heavy atom. The summed E-state index contributed by atoms with van der Waals surface area (Å²) in [5.74, 6) is -0.395. The maximum absolute atomic E-state index is 12.1. The molecule has 1 rings (SSSR count). The number of rotatable bonds is 5. The molecule has 6 nitrogen and oxygen atoms in total. The van der Waals surface area contributed by atoms with Crippen LogP contribution < -0.4 is 10.5 Å². The van der Waals surface area contributed by atoms with Gasteiger partial charge in [0.05, 0.1) is 4.90 Å². The van der Waals surface area contributed by atoms with Crippen LogP contribution in [0.5, 0.6) is 0 Å². The first kappa shape index (κ1) is 15.5. The van der Waals surface area contributed by atoms with Crippen molar-refractivity contribution < 1.29 is 13.6 Å². The predicted octanol–water partition coefficient (Wildman–Crippen LogP) is 0.964. The van der Waals surface area contributed by atoms with Crippen LogP contribution in [0, 0.1) is 19.8 Å². The fraction of sp³-hybridized carbons (Fsp3) is 0.417. The highest BCUT2D eigenvalue weighted by atomic mass is 32.2. The summed E-state index contributed by atoms with van der Waals surface area (Å²) in [6, 6.07) is 5.12. The molecule has 0 aliphatic heterocycles. The third kappa shape index (κ3) is 3.93. The molecule has 19 heavy (non-hydrogen) atoms. The van der Waals surface area contributed by atoms with E-state index in [0.29, 0.717) is 5.56 Å². The zero-order chi connectivity index (χ0) is 14.6. The van der Waals surface area contributed by atoms with Crippen LogP contribution in [0.4, 0.5) is 0 Å². The molecule has 0 heterocycles. The van der Waals surface area contributed by atoms with Crippen LogP contribution >= 0.6 is 0 Å². The SMILES string of the molecule is Cc1ccc(S(=O)(=O)NCC(C)C(N)=NO)c(C)c1. The molecule has 0 radical (unpaired) electrons. The van der Waals surface area contributed by atoms with Crippen LogP contribution in [0.15, 0.2) is 28.3 Å². The van der Waals surface area contributed by atoms with Crippen molar-refractivity contribution in [2.24, 2.45) is 16.8 Å². The van der Waals surface area contributed by atoms with Gasteiger partial charge in [-0.05, 0) is 25.5 Å². The van der Waals surface area contributed by atoms with Gasteiger partial charge < -0.3 is 10.9 Å². The molecular weight excluding hydrogens is 266 g/mol. The van der Waals surface area contributed by atoms with Gasteiger partial charge in [-0.15, -0.1) is 0 Å². The van der Waals surface area contributed by atoms with E-state index in [0.717, 1.165) is 5.56 Å². The maximum atomic E-state index is 12.1. The standard InChI is InChI=1S/C12H19N3O3S/c1-8-4-5-11(9(2)6-8)19(17,18)14-7-10(3)12(13)15-16/h4-6,10,14,16H,7H2,1-3H3,(H2,13,15). The quantitative estimate of drug-likeness (QED) is 0.324. The average Bonchev–Trinajstić information content (AvgIpc) is 2.34. The molecule has 0 amide bonds. The number of benzene rings is 1. The summed E-state index contributed by atoms with van der Waals surface area (Å²) in [6.45, 7) is 5.39. The molecule has 0 aromatic heterocycles. The summed E-state index contributed by atoms with van der Waals surface area (Å²) < 4.78 is 26.7. The highest BCUT2D eigenvalue weighted by molar-refractivity contribution is 7.89. The van der Waals surface area contributed by atoms with Crippen LogP contribution in [0.3, 0.4) is 0 Å². The molecular formula is C12H19N3O3S. The first-order valence-corrected chi connectivity index (χ1v) is 7.30. The lowest BCUT2D eigenvalue weighted by atomic mass is 10.2. The van der Waals surface area contributed by atoms with Gasteiger partial charge in [-0.2, -0.15) is 0 Å². The van der Waals surface area contributed by atoms with E-state index in [2.05, 4.69) is 9.88 Å². The van der Waals surface area contributed by atoms with Gasteiger partial charge in [0.25, 0.3) is 0 Å². The Bertz CT molecular complexity index is 582. The Morgan fingerprint density at radius 2 is 2.11 bits per heavy atom. The maximum Gasteiger partial charge on any atom is 0.240 e. The number of sulfonamides is 1. The van der Waals surface area contributed by atoms with Crippen LogP contribution in [0.25, 0.3) is 0 Å². The van der Waals surface area contributed by atoms with Gasteiger partial charge in [-0.1, -0.05) is 29.8 Å². The second-order valence-electron chi connectivity index (χ2n) is 4.55. The number of nitrogens with zero attached hydrogens (tertiary/aromatic N) is 1. The highest BCUT2D eigenvalue weighted by Crippen LogP contribution is 2.16. The number of nitrogens with one attached hydrogen (secondary N) is 1. The summed E-state index contributed by atoms with van der Waals surface area (Å²) in [6.07, 6.45) is 0. The third-order valence-corrected chi connectivity index (χ3v) is 4.40. The molecule has 0 saturated carbocycles. The zero-order valence-corrected chi connectivity index (χ0v) is 12.0. The van der Waals surface area contributed by atoms with E-state index in [1.165, 1.54) is 0 Å². The number of oxime groups is 1. The molecule has 0 aliphatic rings. The normalized spacial score (nSPS) is 14.4. The molecule has 1 unspecified atom stereocenters. The van der Waals surface area contributed by atoms with Gasteiger partial charge in [0.1, 0.15) is 5.84 Å². The van der Waals surface area contributed by atoms with E-state index in [-0.39, 0.29) is 23.2 Å². The van der Waals surface area contributed by atoms with Crippen LogP contribution in [0.2, 0.25) is 0 Å². The number of amidine groups is 1. The lowest BCUT2D eigenvalue weighted by Gasteiger charge is -2.13. The lowest BCUT2D eigenvalue weighted by molar-refractivity contribution is 0.314. The summed E-state index contributed by atoms with van der Waals surface area (Å²) >= 11 is 0. The van der Waals surface area contributed by atoms with Crippen LogP contribution in [-0.4, -0.2) is 26.0 Å². The molecule has 0 spiro atoms. The number of aryl methyl sites for hydroxylation is 2. The van der Waals surface area contributed by atoms with Crippen molar-refractivity contribution in [3.63, 3.8) is 0 Å². The second kappa shape index (κ2) is 6.03. The van der Waals surface area contributed by atoms with E-state index in [9.17, 15) is 8.42 Å². The van der Waals surface area contributed by atoms with Crippen molar-refractivity contribution in [3.8, 4) is 0 Å². The van der Waals surface area contributed by atoms with E-state index in [4.69, 9.17) is 10.9 Å². The molecule has 1 atom stereocenters. The fourth-order valence-corrected chi connectivity index (χ4v) is 2.97. The molecule has 7 heteroatoms. The van der Waals surface area contributed by atoms with Gasteiger partial charge in [0.15, 0.2) is 0 Å². The minimum Gasteiger partial charge on any atom is -0.409 e. The summed E-state index contributed by atoms with van der Waals surface area (Å²) in [5.41, 5.74) is 7.09. The Hall–Kier alpha value is -1.60. The Balaban J connectivity index is 2.88. The first-order valence-electron chi connectivity index (χ1n) is 5.82. The number of hydrogen-bond donors (Lipinski definition) is 3. The van der Waals surface area contributed by atoms with Crippen molar-refractivity contribution in [2.45, 2.75) is 25.7 Å². The van der Waals surface area contributed by atoms with Crippen molar-refractivity contribution in [1.29, 1.82) is 0 Å². The first-order chi connectivity index (χ1) is 8.77. The van der Waals surface area contributed by atoms with Gasteiger partial charge in [-0.25, -0.2) is 13.1 Å². The van der Waals surface area contributed by atoms with E-state index < -0.39 is 10.0 Å². The van der Waals surface area contributed by atoms with Crippen molar-refractivity contribution in [1.82, 2.24) is 4.72 Å². The number of hydrogen-bond acceptors (Lipinski definition) is 4. The van der Waals surface area contributed by atoms with Gasteiger partial charge >= 0.3 is 0 Å². The summed E-state index contributed by atoms with van der Waals surface area (Å²) in [7, 11) is -3.59.